The minimum Gasteiger partial charge on any atom is -0.506 e. The SMILES string of the molecule is CNc1c(O)ccc(C(=O)NC2CCCCC2)c1NC. The molecule has 110 valence electrons. The van der Waals surface area contributed by atoms with E-state index in [4.69, 9.17) is 0 Å². The van der Waals surface area contributed by atoms with Crippen molar-refractivity contribution >= 4 is 17.3 Å². The molecule has 20 heavy (non-hydrogen) atoms. The maximum Gasteiger partial charge on any atom is 0.253 e. The summed E-state index contributed by atoms with van der Waals surface area (Å²) >= 11 is 0. The summed E-state index contributed by atoms with van der Waals surface area (Å²) in [6.45, 7) is 0. The van der Waals surface area contributed by atoms with E-state index in [-0.39, 0.29) is 17.7 Å². The second-order valence-electron chi connectivity index (χ2n) is 5.19. The fourth-order valence-electron chi connectivity index (χ4n) is 2.80. The molecule has 1 aromatic carbocycles. The number of amides is 1. The fraction of sp³-hybridized carbons (Fsp3) is 0.533. The molecule has 0 saturated heterocycles. The standard InChI is InChI=1S/C15H23N3O2/c1-16-13-11(8-9-12(19)14(13)17-2)15(20)18-10-6-4-3-5-7-10/h8-10,16-17,19H,3-7H2,1-2H3,(H,18,20). The maximum absolute atomic E-state index is 12.4. The molecule has 0 heterocycles. The molecule has 1 aliphatic carbocycles. The Morgan fingerprint density at radius 1 is 1.10 bits per heavy atom. The van der Waals surface area contributed by atoms with Crippen LogP contribution in [0.15, 0.2) is 12.1 Å². The van der Waals surface area contributed by atoms with Gasteiger partial charge in [-0.05, 0) is 25.0 Å². The Kier molecular flexibility index (Phi) is 4.71. The quantitative estimate of drug-likeness (QED) is 0.638. The minimum absolute atomic E-state index is 0.0854. The molecular formula is C15H23N3O2. The number of aromatic hydroxyl groups is 1. The molecule has 0 aliphatic heterocycles. The summed E-state index contributed by atoms with van der Waals surface area (Å²) in [5, 5.41) is 18.8. The monoisotopic (exact) mass is 277 g/mol. The second kappa shape index (κ2) is 6.50. The van der Waals surface area contributed by atoms with Crippen molar-refractivity contribution in [3.63, 3.8) is 0 Å². The largest absolute Gasteiger partial charge is 0.506 e. The lowest BCUT2D eigenvalue weighted by Crippen LogP contribution is -2.36. The predicted molar refractivity (Wildman–Crippen MR) is 81.5 cm³/mol. The molecule has 0 bridgehead atoms. The molecular weight excluding hydrogens is 254 g/mol. The van der Waals surface area contributed by atoms with Gasteiger partial charge in [-0.2, -0.15) is 0 Å². The number of phenols is 1. The number of carbonyl (C=O) groups is 1. The molecule has 0 spiro atoms. The fourth-order valence-corrected chi connectivity index (χ4v) is 2.80. The summed E-state index contributed by atoms with van der Waals surface area (Å²) in [6, 6.07) is 3.47. The van der Waals surface area contributed by atoms with Gasteiger partial charge in [0.25, 0.3) is 5.91 Å². The van der Waals surface area contributed by atoms with Crippen molar-refractivity contribution in [1.82, 2.24) is 5.32 Å². The number of hydrogen-bond acceptors (Lipinski definition) is 4. The van der Waals surface area contributed by atoms with Crippen molar-refractivity contribution in [3.05, 3.63) is 17.7 Å². The van der Waals surface area contributed by atoms with Crippen LogP contribution in [0.1, 0.15) is 42.5 Å². The summed E-state index contributed by atoms with van der Waals surface area (Å²) in [6.07, 6.45) is 5.73. The Morgan fingerprint density at radius 3 is 2.35 bits per heavy atom. The van der Waals surface area contributed by atoms with E-state index in [1.165, 1.54) is 19.3 Å². The molecule has 1 aliphatic rings. The molecule has 1 amide bonds. The normalized spacial score (nSPS) is 15.7. The van der Waals surface area contributed by atoms with Crippen LogP contribution in [0.25, 0.3) is 0 Å². The van der Waals surface area contributed by atoms with E-state index in [9.17, 15) is 9.90 Å². The van der Waals surface area contributed by atoms with Crippen molar-refractivity contribution in [2.45, 2.75) is 38.1 Å². The number of hydrogen-bond donors (Lipinski definition) is 4. The van der Waals surface area contributed by atoms with E-state index < -0.39 is 0 Å². The summed E-state index contributed by atoms with van der Waals surface area (Å²) in [5.74, 6) is 0.0452. The van der Waals surface area contributed by atoms with Gasteiger partial charge < -0.3 is 21.1 Å². The van der Waals surface area contributed by atoms with Gasteiger partial charge in [0.1, 0.15) is 11.4 Å². The number of anilines is 2. The van der Waals surface area contributed by atoms with E-state index in [0.29, 0.717) is 16.9 Å². The molecule has 1 aromatic rings. The summed E-state index contributed by atoms with van der Waals surface area (Å²) in [7, 11) is 3.46. The predicted octanol–water partition coefficient (Wildman–Crippen LogP) is 2.54. The average Bonchev–Trinajstić information content (AvgIpc) is 2.47. The zero-order valence-electron chi connectivity index (χ0n) is 12.1. The van der Waals surface area contributed by atoms with E-state index in [0.717, 1.165) is 12.8 Å². The van der Waals surface area contributed by atoms with E-state index >= 15 is 0 Å². The number of nitrogens with one attached hydrogen (secondary N) is 3. The van der Waals surface area contributed by atoms with Gasteiger partial charge in [-0.3, -0.25) is 4.79 Å². The molecule has 1 saturated carbocycles. The first kappa shape index (κ1) is 14.5. The Balaban J connectivity index is 2.20. The number of phenolic OH excluding ortho intramolecular Hbond substituents is 1. The Labute approximate surface area is 119 Å². The average molecular weight is 277 g/mol. The Bertz CT molecular complexity index is 482. The van der Waals surface area contributed by atoms with Gasteiger partial charge in [0.15, 0.2) is 0 Å². The summed E-state index contributed by atoms with van der Waals surface area (Å²) < 4.78 is 0. The molecule has 0 radical (unpaired) electrons. The van der Waals surface area contributed by atoms with E-state index in [1.54, 1.807) is 26.2 Å². The van der Waals surface area contributed by atoms with E-state index in [1.807, 2.05) is 0 Å². The molecule has 5 heteroatoms. The first-order chi connectivity index (χ1) is 9.67. The lowest BCUT2D eigenvalue weighted by atomic mass is 9.95. The highest BCUT2D eigenvalue weighted by Gasteiger charge is 2.20. The van der Waals surface area contributed by atoms with E-state index in [2.05, 4.69) is 16.0 Å². The van der Waals surface area contributed by atoms with Crippen LogP contribution >= 0.6 is 0 Å². The van der Waals surface area contributed by atoms with Crippen LogP contribution in [0.5, 0.6) is 5.75 Å². The van der Waals surface area contributed by atoms with Crippen LogP contribution in [0, 0.1) is 0 Å². The van der Waals surface area contributed by atoms with Crippen LogP contribution in [0.2, 0.25) is 0 Å². The highest BCUT2D eigenvalue weighted by Crippen LogP contribution is 2.34. The zero-order chi connectivity index (χ0) is 14.5. The third kappa shape index (κ3) is 2.98. The second-order valence-corrected chi connectivity index (χ2v) is 5.19. The van der Waals surface area contributed by atoms with Gasteiger partial charge in [-0.1, -0.05) is 19.3 Å². The van der Waals surface area contributed by atoms with Crippen LogP contribution in [0.3, 0.4) is 0 Å². The third-order valence-corrected chi connectivity index (χ3v) is 3.87. The first-order valence-electron chi connectivity index (χ1n) is 7.19. The maximum atomic E-state index is 12.4. The lowest BCUT2D eigenvalue weighted by molar-refractivity contribution is 0.0928. The van der Waals surface area contributed by atoms with Crippen LogP contribution < -0.4 is 16.0 Å². The van der Waals surface area contributed by atoms with Gasteiger partial charge in [-0.15, -0.1) is 0 Å². The van der Waals surface area contributed by atoms with Gasteiger partial charge >= 0.3 is 0 Å². The van der Waals surface area contributed by atoms with Gasteiger partial charge in [0, 0.05) is 20.1 Å². The smallest absolute Gasteiger partial charge is 0.253 e. The van der Waals surface area contributed by atoms with Crippen molar-refractivity contribution in [2.24, 2.45) is 0 Å². The van der Waals surface area contributed by atoms with Gasteiger partial charge in [-0.25, -0.2) is 0 Å². The Morgan fingerprint density at radius 2 is 1.75 bits per heavy atom. The highest BCUT2D eigenvalue weighted by molar-refractivity contribution is 6.03. The van der Waals surface area contributed by atoms with Crippen molar-refractivity contribution in [2.75, 3.05) is 24.7 Å². The number of benzene rings is 1. The van der Waals surface area contributed by atoms with Crippen molar-refractivity contribution in [1.29, 1.82) is 0 Å². The number of rotatable bonds is 4. The molecule has 4 N–H and O–H groups in total. The van der Waals surface area contributed by atoms with Crippen molar-refractivity contribution < 1.29 is 9.90 Å². The molecule has 5 nitrogen and oxygen atoms in total. The topological polar surface area (TPSA) is 73.4 Å². The number of carbonyl (C=O) groups excluding carboxylic acids is 1. The van der Waals surface area contributed by atoms with Crippen molar-refractivity contribution in [3.8, 4) is 5.75 Å². The first-order valence-corrected chi connectivity index (χ1v) is 7.19. The van der Waals surface area contributed by atoms with Crippen LogP contribution in [-0.4, -0.2) is 31.2 Å². The summed E-state index contributed by atoms with van der Waals surface area (Å²) in [5.41, 5.74) is 1.73. The third-order valence-electron chi connectivity index (χ3n) is 3.87. The zero-order valence-corrected chi connectivity index (χ0v) is 12.1. The molecule has 2 rings (SSSR count). The molecule has 0 unspecified atom stereocenters. The van der Waals surface area contributed by atoms with Gasteiger partial charge in [0.05, 0.1) is 11.3 Å². The van der Waals surface area contributed by atoms with Crippen LogP contribution in [-0.2, 0) is 0 Å². The molecule has 0 atom stereocenters. The highest BCUT2D eigenvalue weighted by atomic mass is 16.3. The molecule has 1 fully saturated rings. The van der Waals surface area contributed by atoms with Crippen LogP contribution in [0.4, 0.5) is 11.4 Å². The lowest BCUT2D eigenvalue weighted by Gasteiger charge is -2.23. The van der Waals surface area contributed by atoms with Gasteiger partial charge in [0.2, 0.25) is 0 Å². The minimum atomic E-state index is -0.0854. The summed E-state index contributed by atoms with van der Waals surface area (Å²) in [4.78, 5) is 12.4. The molecule has 0 aromatic heterocycles. The Hall–Kier alpha value is -1.91.